The second-order valence-electron chi connectivity index (χ2n) is 10.9. The Morgan fingerprint density at radius 3 is 2.61 bits per heavy atom. The topological polar surface area (TPSA) is 132 Å². The van der Waals surface area contributed by atoms with Gasteiger partial charge in [0.1, 0.15) is 5.65 Å². The Morgan fingerprint density at radius 2 is 1.88 bits per heavy atom. The van der Waals surface area contributed by atoms with Gasteiger partial charge in [-0.05, 0) is 43.2 Å². The highest BCUT2D eigenvalue weighted by atomic mass is 16.5. The van der Waals surface area contributed by atoms with Crippen LogP contribution in [0.25, 0.3) is 11.0 Å². The van der Waals surface area contributed by atoms with Gasteiger partial charge in [-0.1, -0.05) is 19.1 Å². The van der Waals surface area contributed by atoms with Crippen LogP contribution in [0.15, 0.2) is 47.5 Å². The number of nitrogens with one attached hydrogen (secondary N) is 2. The number of piperazine rings is 1. The standard InChI is InChI=1S/C29H35N9O3/c1-19(2)26(39)25-15-20-16-31-29(33-21-3-5-22(6-4-21)36-11-9-30-10-12-36)34-27(20)37(28(25)40)18-24-17-32-35-38(24)23-7-13-41-14-8-23/h3-6,15-17,19,23,30H,7-14,18H2,1-2H3,(H,31,33,34). The summed E-state index contributed by atoms with van der Waals surface area (Å²) in [4.78, 5) is 38.4. The van der Waals surface area contributed by atoms with Gasteiger partial charge in [-0.2, -0.15) is 4.98 Å². The highest BCUT2D eigenvalue weighted by molar-refractivity contribution is 5.99. The van der Waals surface area contributed by atoms with E-state index in [9.17, 15) is 9.59 Å². The SMILES string of the molecule is CC(C)C(=O)c1cc2cnc(Nc3ccc(N4CCNCC4)cc3)nc2n(Cc2cnnn2C2CCOCC2)c1=O. The van der Waals surface area contributed by atoms with E-state index in [1.165, 1.54) is 5.69 Å². The molecule has 0 amide bonds. The van der Waals surface area contributed by atoms with Gasteiger partial charge in [0.05, 0.1) is 30.0 Å². The molecule has 2 N–H and O–H groups in total. The third kappa shape index (κ3) is 5.70. The monoisotopic (exact) mass is 557 g/mol. The molecule has 41 heavy (non-hydrogen) atoms. The summed E-state index contributed by atoms with van der Waals surface area (Å²) in [5.74, 6) is -0.179. The van der Waals surface area contributed by atoms with Crippen molar-refractivity contribution in [2.24, 2.45) is 5.92 Å². The van der Waals surface area contributed by atoms with Crippen molar-refractivity contribution in [2.75, 3.05) is 49.6 Å². The van der Waals surface area contributed by atoms with Crippen molar-refractivity contribution < 1.29 is 9.53 Å². The lowest BCUT2D eigenvalue weighted by Crippen LogP contribution is -2.43. The molecule has 0 atom stereocenters. The number of aromatic nitrogens is 6. The van der Waals surface area contributed by atoms with E-state index in [0.29, 0.717) is 30.2 Å². The van der Waals surface area contributed by atoms with Gasteiger partial charge in [0, 0.05) is 68.3 Å². The van der Waals surface area contributed by atoms with Crippen LogP contribution in [0.2, 0.25) is 0 Å². The lowest BCUT2D eigenvalue weighted by Gasteiger charge is -2.29. The molecule has 0 radical (unpaired) electrons. The maximum absolute atomic E-state index is 13.8. The van der Waals surface area contributed by atoms with E-state index >= 15 is 0 Å². The van der Waals surface area contributed by atoms with Crippen LogP contribution in [0.4, 0.5) is 17.3 Å². The predicted octanol–water partition coefficient (Wildman–Crippen LogP) is 2.77. The Morgan fingerprint density at radius 1 is 1.12 bits per heavy atom. The van der Waals surface area contributed by atoms with Crippen LogP contribution in [0.5, 0.6) is 0 Å². The zero-order valence-corrected chi connectivity index (χ0v) is 23.4. The number of carbonyl (C=O) groups is 1. The van der Waals surface area contributed by atoms with Gasteiger partial charge >= 0.3 is 0 Å². The summed E-state index contributed by atoms with van der Waals surface area (Å²) in [6.45, 7) is 8.97. The van der Waals surface area contributed by atoms with Crippen LogP contribution < -0.4 is 21.1 Å². The molecule has 2 aliphatic heterocycles. The lowest BCUT2D eigenvalue weighted by atomic mass is 10.0. The summed E-state index contributed by atoms with van der Waals surface area (Å²) < 4.78 is 8.93. The molecular formula is C29H35N9O3. The fourth-order valence-corrected chi connectivity index (χ4v) is 5.44. The molecule has 214 valence electrons. The van der Waals surface area contributed by atoms with Gasteiger partial charge in [-0.25, -0.2) is 9.67 Å². The van der Waals surface area contributed by atoms with Crippen molar-refractivity contribution >= 4 is 34.1 Å². The van der Waals surface area contributed by atoms with Crippen molar-refractivity contribution in [3.8, 4) is 0 Å². The molecular weight excluding hydrogens is 522 g/mol. The van der Waals surface area contributed by atoms with Crippen molar-refractivity contribution in [3.63, 3.8) is 0 Å². The van der Waals surface area contributed by atoms with E-state index in [2.05, 4.69) is 43.0 Å². The molecule has 0 bridgehead atoms. The van der Waals surface area contributed by atoms with Crippen molar-refractivity contribution in [3.05, 3.63) is 64.3 Å². The highest BCUT2D eigenvalue weighted by Crippen LogP contribution is 2.24. The van der Waals surface area contributed by atoms with E-state index < -0.39 is 0 Å². The largest absolute Gasteiger partial charge is 0.381 e. The first-order chi connectivity index (χ1) is 20.0. The number of carbonyl (C=O) groups excluding carboxylic acids is 1. The molecule has 3 aromatic heterocycles. The minimum Gasteiger partial charge on any atom is -0.381 e. The molecule has 5 heterocycles. The summed E-state index contributed by atoms with van der Waals surface area (Å²) in [6, 6.07) is 9.91. The summed E-state index contributed by atoms with van der Waals surface area (Å²) in [6.07, 6.45) is 4.97. The summed E-state index contributed by atoms with van der Waals surface area (Å²) >= 11 is 0. The molecule has 6 rings (SSSR count). The van der Waals surface area contributed by atoms with Crippen molar-refractivity contribution in [2.45, 2.75) is 39.3 Å². The quantitative estimate of drug-likeness (QED) is 0.312. The third-order valence-electron chi connectivity index (χ3n) is 7.73. The van der Waals surface area contributed by atoms with Gasteiger partial charge < -0.3 is 20.3 Å². The number of hydrogen-bond donors (Lipinski definition) is 2. The minimum atomic E-state index is -0.388. The smallest absolute Gasteiger partial charge is 0.263 e. The zero-order chi connectivity index (χ0) is 28.3. The first kappa shape index (κ1) is 27.0. The molecule has 1 aromatic carbocycles. The van der Waals surface area contributed by atoms with Crippen molar-refractivity contribution in [1.29, 1.82) is 0 Å². The van der Waals surface area contributed by atoms with E-state index in [4.69, 9.17) is 9.72 Å². The molecule has 2 saturated heterocycles. The second-order valence-corrected chi connectivity index (χ2v) is 10.9. The Bertz CT molecular complexity index is 1580. The number of anilines is 3. The maximum atomic E-state index is 13.8. The molecule has 0 unspecified atom stereocenters. The van der Waals surface area contributed by atoms with E-state index in [1.54, 1.807) is 36.9 Å². The highest BCUT2D eigenvalue weighted by Gasteiger charge is 2.23. The molecule has 2 aliphatic rings. The predicted molar refractivity (Wildman–Crippen MR) is 156 cm³/mol. The Hall–Kier alpha value is -4.16. The van der Waals surface area contributed by atoms with Crippen LogP contribution in [-0.4, -0.2) is 74.7 Å². The maximum Gasteiger partial charge on any atom is 0.263 e. The Kier molecular flexibility index (Phi) is 7.75. The number of nitrogens with zero attached hydrogens (tertiary/aromatic N) is 7. The number of ether oxygens (including phenoxy) is 1. The number of ketones is 1. The first-order valence-electron chi connectivity index (χ1n) is 14.2. The number of fused-ring (bicyclic) bond motifs is 1. The molecule has 0 aliphatic carbocycles. The van der Waals surface area contributed by atoms with Crippen LogP contribution in [-0.2, 0) is 11.3 Å². The fraction of sp³-hybridized carbons (Fsp3) is 0.448. The average Bonchev–Trinajstić information content (AvgIpc) is 3.48. The van der Waals surface area contributed by atoms with Gasteiger partial charge in [0.15, 0.2) is 5.78 Å². The summed E-state index contributed by atoms with van der Waals surface area (Å²) in [7, 11) is 0. The van der Waals surface area contributed by atoms with Gasteiger partial charge in [-0.3, -0.25) is 14.2 Å². The van der Waals surface area contributed by atoms with Gasteiger partial charge in [0.2, 0.25) is 5.95 Å². The van der Waals surface area contributed by atoms with Crippen molar-refractivity contribution in [1.82, 2.24) is 34.8 Å². The second kappa shape index (κ2) is 11.8. The molecule has 0 saturated carbocycles. The normalized spacial score (nSPS) is 16.4. The van der Waals surface area contributed by atoms with Crippen LogP contribution in [0.3, 0.4) is 0 Å². The number of rotatable bonds is 8. The summed E-state index contributed by atoms with van der Waals surface area (Å²) in [5.41, 5.74) is 2.95. The minimum absolute atomic E-state index is 0.130. The number of benzene rings is 1. The molecule has 4 aromatic rings. The van der Waals surface area contributed by atoms with Crippen LogP contribution in [0.1, 0.15) is 48.8 Å². The van der Waals surface area contributed by atoms with Crippen LogP contribution >= 0.6 is 0 Å². The number of pyridine rings is 1. The molecule has 0 spiro atoms. The Labute approximate surface area is 237 Å². The lowest BCUT2D eigenvalue weighted by molar-refractivity contribution is 0.0648. The third-order valence-corrected chi connectivity index (χ3v) is 7.73. The molecule has 12 heteroatoms. The molecule has 12 nitrogen and oxygen atoms in total. The number of Topliss-reactive ketones (excluding diaryl/α,β-unsaturated/α-hetero) is 1. The van der Waals surface area contributed by atoms with E-state index in [0.717, 1.165) is 50.4 Å². The van der Waals surface area contributed by atoms with E-state index in [1.807, 2.05) is 16.8 Å². The zero-order valence-electron chi connectivity index (χ0n) is 23.4. The number of hydrogen-bond acceptors (Lipinski definition) is 10. The fourth-order valence-electron chi connectivity index (χ4n) is 5.44. The van der Waals surface area contributed by atoms with Gasteiger partial charge in [-0.15, -0.1) is 5.10 Å². The summed E-state index contributed by atoms with van der Waals surface area (Å²) in [5, 5.41) is 15.7. The van der Waals surface area contributed by atoms with E-state index in [-0.39, 0.29) is 35.4 Å². The first-order valence-corrected chi connectivity index (χ1v) is 14.2. The average molecular weight is 558 g/mol. The van der Waals surface area contributed by atoms with Gasteiger partial charge in [0.25, 0.3) is 5.56 Å². The molecule has 2 fully saturated rings. The van der Waals surface area contributed by atoms with Crippen LogP contribution in [0, 0.1) is 5.92 Å². The Balaban J connectivity index is 1.35.